The van der Waals surface area contributed by atoms with Gasteiger partial charge in [-0.25, -0.2) is 0 Å². The lowest BCUT2D eigenvalue weighted by Crippen LogP contribution is -2.43. The Morgan fingerprint density at radius 3 is 1.68 bits per heavy atom. The monoisotopic (exact) mass is 495 g/mol. The van der Waals surface area contributed by atoms with Crippen molar-refractivity contribution < 1.29 is 29.0 Å². The Morgan fingerprint density at radius 2 is 1.37 bits per heavy atom. The molecule has 0 heterocycles. The molecule has 0 aromatic rings. The third-order valence-corrected chi connectivity index (χ3v) is 4.01. The second-order valence-electron chi connectivity index (χ2n) is 4.21. The highest BCUT2D eigenvalue weighted by Gasteiger charge is 2.33. The number of carbonyl (C=O) groups excluding carboxylic acids is 3. The Labute approximate surface area is 137 Å². The summed E-state index contributed by atoms with van der Waals surface area (Å²) < 4.78 is 10.7. The van der Waals surface area contributed by atoms with Crippen molar-refractivity contribution in [1.29, 1.82) is 0 Å². The number of hydrogen-bond acceptors (Lipinski definition) is 6. The van der Waals surface area contributed by atoms with Gasteiger partial charge in [0.15, 0.2) is 0 Å². The molecule has 0 N–H and O–H groups in total. The summed E-state index contributed by atoms with van der Waals surface area (Å²) in [5, 5.41) is 11.0. The average Bonchev–Trinajstić information content (AvgIpc) is 2.37. The first-order chi connectivity index (χ1) is 8.96. The fraction of sp³-hybridized carbons (Fsp3) is 0.727. The molecule has 2 atom stereocenters. The van der Waals surface area contributed by atoms with E-state index in [2.05, 4.69) is 0 Å². The van der Waals surface area contributed by atoms with Crippen LogP contribution >= 0.6 is 45.2 Å². The van der Waals surface area contributed by atoms with Crippen LogP contribution in [0.4, 0.5) is 0 Å². The van der Waals surface area contributed by atoms with E-state index >= 15 is 0 Å². The van der Waals surface area contributed by atoms with Crippen LogP contribution in [0.3, 0.4) is 0 Å². The van der Waals surface area contributed by atoms with Crippen molar-refractivity contribution in [3.8, 4) is 0 Å². The molecular weight excluding hydrogens is 482 g/mol. The van der Waals surface area contributed by atoms with Gasteiger partial charge in [0.25, 0.3) is 0 Å². The summed E-state index contributed by atoms with van der Waals surface area (Å²) >= 11 is 3.74. The minimum absolute atomic E-state index is 0.197. The van der Waals surface area contributed by atoms with E-state index in [1.807, 2.05) is 45.2 Å². The normalized spacial score (nSPS) is 26.5. The van der Waals surface area contributed by atoms with Crippen molar-refractivity contribution in [1.82, 2.24) is 0 Å². The molecule has 8 heteroatoms. The second kappa shape index (κ2) is 8.22. The first-order valence-corrected chi connectivity index (χ1v) is 8.73. The number of hydrogen-bond donors (Lipinski definition) is 0. The van der Waals surface area contributed by atoms with Gasteiger partial charge in [-0.3, -0.25) is 9.59 Å². The summed E-state index contributed by atoms with van der Waals surface area (Å²) in [7, 11) is 0. The highest BCUT2D eigenvalue weighted by molar-refractivity contribution is 14.1. The molecule has 1 fully saturated rings. The predicted molar refractivity (Wildman–Crippen MR) is 79.9 cm³/mol. The average molecular weight is 495 g/mol. The molecule has 0 aromatic carbocycles. The largest absolute Gasteiger partial charge is 0.550 e. The second-order valence-corrected chi connectivity index (χ2v) is 5.74. The molecule has 2 unspecified atom stereocenters. The molecule has 0 radical (unpaired) electrons. The van der Waals surface area contributed by atoms with Crippen molar-refractivity contribution in [2.45, 2.75) is 31.5 Å². The molecular formula is C11H13I2O6-. The fourth-order valence-electron chi connectivity index (χ4n) is 2.04. The van der Waals surface area contributed by atoms with Gasteiger partial charge in [-0.1, -0.05) is 45.2 Å². The van der Waals surface area contributed by atoms with Crippen molar-refractivity contribution in [3.05, 3.63) is 0 Å². The van der Waals surface area contributed by atoms with Crippen LogP contribution in [0.5, 0.6) is 0 Å². The number of esters is 2. The SMILES string of the molecule is O=C(CI)OC1CC(OC(=O)CI)CC(C(=O)[O-])C1. The Morgan fingerprint density at radius 1 is 0.947 bits per heavy atom. The maximum absolute atomic E-state index is 11.2. The third kappa shape index (κ3) is 5.79. The van der Waals surface area contributed by atoms with Crippen LogP contribution in [0.15, 0.2) is 0 Å². The Bertz CT molecular complexity index is 333. The summed E-state index contributed by atoms with van der Waals surface area (Å²) in [6.45, 7) is 0. The van der Waals surface area contributed by atoms with Gasteiger partial charge in [0.2, 0.25) is 0 Å². The lowest BCUT2D eigenvalue weighted by atomic mass is 9.85. The maximum atomic E-state index is 11.2. The number of carboxylic acid groups (broad SMARTS) is 1. The summed E-state index contributed by atoms with van der Waals surface area (Å²) in [5.41, 5.74) is 0. The van der Waals surface area contributed by atoms with E-state index in [1.54, 1.807) is 0 Å². The zero-order valence-electron chi connectivity index (χ0n) is 9.97. The first-order valence-electron chi connectivity index (χ1n) is 5.68. The molecule has 0 saturated heterocycles. The fourth-order valence-corrected chi connectivity index (χ4v) is 2.40. The maximum Gasteiger partial charge on any atom is 0.316 e. The Kier molecular flexibility index (Phi) is 7.32. The quantitative estimate of drug-likeness (QED) is 0.308. The molecule has 1 saturated carbocycles. The molecule has 0 aromatic heterocycles. The van der Waals surface area contributed by atoms with Gasteiger partial charge in [-0.15, -0.1) is 0 Å². The van der Waals surface area contributed by atoms with Crippen LogP contribution in [0.2, 0.25) is 0 Å². The number of carbonyl (C=O) groups is 3. The van der Waals surface area contributed by atoms with Crippen molar-refractivity contribution >= 4 is 63.1 Å². The van der Waals surface area contributed by atoms with Crippen LogP contribution < -0.4 is 5.11 Å². The van der Waals surface area contributed by atoms with Crippen LogP contribution in [0.1, 0.15) is 19.3 Å². The molecule has 1 aliphatic rings. The number of rotatable bonds is 5. The summed E-state index contributed by atoms with van der Waals surface area (Å²) in [4.78, 5) is 33.4. The predicted octanol–water partition coefficient (Wildman–Crippen LogP) is 0.230. The number of carboxylic acids is 1. The van der Waals surface area contributed by atoms with Crippen molar-refractivity contribution in [2.75, 3.05) is 8.86 Å². The van der Waals surface area contributed by atoms with Gasteiger partial charge in [-0.05, 0) is 12.8 Å². The van der Waals surface area contributed by atoms with Crippen LogP contribution in [-0.4, -0.2) is 39.0 Å². The smallest absolute Gasteiger partial charge is 0.316 e. The summed E-state index contributed by atoms with van der Waals surface area (Å²) in [6.07, 6.45) is -0.308. The van der Waals surface area contributed by atoms with E-state index in [9.17, 15) is 19.5 Å². The highest BCUT2D eigenvalue weighted by Crippen LogP contribution is 2.29. The molecule has 0 spiro atoms. The van der Waals surface area contributed by atoms with E-state index in [1.165, 1.54) is 0 Å². The topological polar surface area (TPSA) is 92.7 Å². The molecule has 6 nitrogen and oxygen atoms in total. The lowest BCUT2D eigenvalue weighted by molar-refractivity contribution is -0.314. The molecule has 1 aliphatic carbocycles. The van der Waals surface area contributed by atoms with Gasteiger partial charge in [0.1, 0.15) is 12.2 Å². The van der Waals surface area contributed by atoms with E-state index in [4.69, 9.17) is 9.47 Å². The minimum Gasteiger partial charge on any atom is -0.550 e. The van der Waals surface area contributed by atoms with Gasteiger partial charge < -0.3 is 19.4 Å². The molecule has 0 amide bonds. The van der Waals surface area contributed by atoms with Gasteiger partial charge >= 0.3 is 11.9 Å². The number of ether oxygens (including phenoxy) is 2. The van der Waals surface area contributed by atoms with E-state index in [-0.39, 0.29) is 21.7 Å². The third-order valence-electron chi connectivity index (χ3n) is 2.77. The van der Waals surface area contributed by atoms with E-state index in [0.29, 0.717) is 6.42 Å². The van der Waals surface area contributed by atoms with Crippen LogP contribution in [-0.2, 0) is 23.9 Å². The number of alkyl halides is 2. The van der Waals surface area contributed by atoms with Gasteiger partial charge in [-0.2, -0.15) is 0 Å². The molecule has 1 rings (SSSR count). The zero-order valence-corrected chi connectivity index (χ0v) is 14.3. The summed E-state index contributed by atoms with van der Waals surface area (Å²) in [6, 6.07) is 0. The lowest BCUT2D eigenvalue weighted by Gasteiger charge is -2.34. The number of aliphatic carboxylic acids is 1. The van der Waals surface area contributed by atoms with Crippen molar-refractivity contribution in [2.24, 2.45) is 5.92 Å². The van der Waals surface area contributed by atoms with Crippen molar-refractivity contribution in [3.63, 3.8) is 0 Å². The Balaban J connectivity index is 2.64. The number of halogens is 2. The van der Waals surface area contributed by atoms with Crippen LogP contribution in [0.25, 0.3) is 0 Å². The molecule has 19 heavy (non-hydrogen) atoms. The molecule has 108 valence electrons. The van der Waals surface area contributed by atoms with Gasteiger partial charge in [0, 0.05) is 18.3 Å². The standard InChI is InChI=1S/C11H14I2O6/c12-4-9(14)18-7-1-6(11(16)17)2-8(3-7)19-10(15)5-13/h6-8H,1-5H2,(H,16,17)/p-1. The zero-order chi connectivity index (χ0) is 14.4. The van der Waals surface area contributed by atoms with E-state index in [0.717, 1.165) is 0 Å². The minimum atomic E-state index is -1.20. The van der Waals surface area contributed by atoms with E-state index < -0.39 is 36.0 Å². The summed E-state index contributed by atoms with van der Waals surface area (Å²) in [5.74, 6) is -2.76. The molecule has 0 aliphatic heterocycles. The van der Waals surface area contributed by atoms with Gasteiger partial charge in [0.05, 0.1) is 8.86 Å². The first kappa shape index (κ1) is 16.9. The molecule has 0 bridgehead atoms. The Hall–Kier alpha value is -0.130. The van der Waals surface area contributed by atoms with Crippen LogP contribution in [0, 0.1) is 5.92 Å². The highest BCUT2D eigenvalue weighted by atomic mass is 127.